The van der Waals surface area contributed by atoms with Gasteiger partial charge in [-0.15, -0.1) is 0 Å². The third kappa shape index (κ3) is 7.07. The standard InChI is InChI=1S/C15H21F2NO2/c1-11(2)4-3-9-18-14(19)10-12-5-7-13(8-6-12)20-15(16)17/h5-8,11,15H,3-4,9-10H2,1-2H3,(H,18,19). The fourth-order valence-electron chi connectivity index (χ4n) is 1.77. The second-order valence-electron chi connectivity index (χ2n) is 5.09. The second-order valence-corrected chi connectivity index (χ2v) is 5.09. The van der Waals surface area contributed by atoms with Crippen molar-refractivity contribution in [3.8, 4) is 5.75 Å². The summed E-state index contributed by atoms with van der Waals surface area (Å²) in [5.74, 6) is 0.673. The molecule has 1 aromatic rings. The number of carbonyl (C=O) groups excluding carboxylic acids is 1. The number of ether oxygens (including phenoxy) is 1. The van der Waals surface area contributed by atoms with Gasteiger partial charge in [0.1, 0.15) is 5.75 Å². The molecule has 112 valence electrons. The minimum Gasteiger partial charge on any atom is -0.435 e. The van der Waals surface area contributed by atoms with Crippen LogP contribution in [0.15, 0.2) is 24.3 Å². The highest BCUT2D eigenvalue weighted by Crippen LogP contribution is 2.15. The summed E-state index contributed by atoms with van der Waals surface area (Å²) in [5.41, 5.74) is 0.771. The molecule has 1 aromatic carbocycles. The molecule has 0 radical (unpaired) electrons. The largest absolute Gasteiger partial charge is 0.435 e. The van der Waals surface area contributed by atoms with E-state index >= 15 is 0 Å². The Kier molecular flexibility index (Phi) is 6.98. The summed E-state index contributed by atoms with van der Waals surface area (Å²) in [6, 6.07) is 6.11. The monoisotopic (exact) mass is 285 g/mol. The highest BCUT2D eigenvalue weighted by Gasteiger charge is 2.06. The molecule has 1 rings (SSSR count). The molecule has 0 bridgehead atoms. The van der Waals surface area contributed by atoms with Gasteiger partial charge < -0.3 is 10.1 Å². The van der Waals surface area contributed by atoms with Gasteiger partial charge in [-0.05, 0) is 36.5 Å². The van der Waals surface area contributed by atoms with E-state index < -0.39 is 6.61 Å². The minimum atomic E-state index is -2.83. The molecule has 1 amide bonds. The molecule has 0 fully saturated rings. The Morgan fingerprint density at radius 3 is 2.45 bits per heavy atom. The Labute approximate surface area is 118 Å². The summed E-state index contributed by atoms with van der Waals surface area (Å²) in [4.78, 5) is 11.7. The van der Waals surface area contributed by atoms with Crippen LogP contribution in [0.25, 0.3) is 0 Å². The van der Waals surface area contributed by atoms with E-state index in [1.165, 1.54) is 12.1 Å². The summed E-state index contributed by atoms with van der Waals surface area (Å²) < 4.78 is 28.2. The van der Waals surface area contributed by atoms with E-state index in [0.717, 1.165) is 18.4 Å². The van der Waals surface area contributed by atoms with Gasteiger partial charge in [0.05, 0.1) is 6.42 Å². The fraction of sp³-hybridized carbons (Fsp3) is 0.533. The molecule has 1 N–H and O–H groups in total. The molecule has 0 saturated carbocycles. The lowest BCUT2D eigenvalue weighted by Crippen LogP contribution is -2.26. The Morgan fingerprint density at radius 1 is 1.25 bits per heavy atom. The maximum absolute atomic E-state index is 12.0. The number of halogens is 2. The Morgan fingerprint density at radius 2 is 1.90 bits per heavy atom. The number of benzene rings is 1. The van der Waals surface area contributed by atoms with Crippen molar-refractivity contribution in [3.63, 3.8) is 0 Å². The third-order valence-electron chi connectivity index (χ3n) is 2.79. The van der Waals surface area contributed by atoms with Gasteiger partial charge in [-0.1, -0.05) is 26.0 Å². The highest BCUT2D eigenvalue weighted by atomic mass is 19.3. The molecule has 5 heteroatoms. The Balaban J connectivity index is 2.31. The maximum Gasteiger partial charge on any atom is 0.387 e. The van der Waals surface area contributed by atoms with Crippen LogP contribution in [0.2, 0.25) is 0 Å². The van der Waals surface area contributed by atoms with Crippen molar-refractivity contribution in [3.05, 3.63) is 29.8 Å². The number of alkyl halides is 2. The normalized spacial score (nSPS) is 10.9. The molecule has 0 unspecified atom stereocenters. The van der Waals surface area contributed by atoms with Crippen LogP contribution < -0.4 is 10.1 Å². The quantitative estimate of drug-likeness (QED) is 0.744. The van der Waals surface area contributed by atoms with E-state index in [1.807, 2.05) is 0 Å². The Hall–Kier alpha value is -1.65. The SMILES string of the molecule is CC(C)CCCNC(=O)Cc1ccc(OC(F)F)cc1. The van der Waals surface area contributed by atoms with Crippen molar-refractivity contribution < 1.29 is 18.3 Å². The van der Waals surface area contributed by atoms with Gasteiger partial charge in [0.15, 0.2) is 0 Å². The van der Waals surface area contributed by atoms with E-state index in [0.29, 0.717) is 12.5 Å². The van der Waals surface area contributed by atoms with E-state index in [2.05, 4.69) is 23.9 Å². The first-order chi connectivity index (χ1) is 9.47. The van der Waals surface area contributed by atoms with Crippen molar-refractivity contribution in [1.29, 1.82) is 0 Å². The molecule has 0 aliphatic carbocycles. The second kappa shape index (κ2) is 8.51. The Bertz CT molecular complexity index is 405. The van der Waals surface area contributed by atoms with Crippen LogP contribution in [0.4, 0.5) is 8.78 Å². The molecule has 0 atom stereocenters. The number of hydrogen-bond acceptors (Lipinski definition) is 2. The average Bonchev–Trinajstić information content (AvgIpc) is 2.36. The molecule has 0 aromatic heterocycles. The van der Waals surface area contributed by atoms with Crippen LogP contribution in [0.3, 0.4) is 0 Å². The molecule has 0 heterocycles. The van der Waals surface area contributed by atoms with E-state index in [4.69, 9.17) is 0 Å². The van der Waals surface area contributed by atoms with Crippen molar-refractivity contribution in [2.75, 3.05) is 6.54 Å². The highest BCUT2D eigenvalue weighted by molar-refractivity contribution is 5.78. The molecule has 20 heavy (non-hydrogen) atoms. The van der Waals surface area contributed by atoms with Crippen LogP contribution in [-0.4, -0.2) is 19.1 Å². The van der Waals surface area contributed by atoms with Gasteiger partial charge in [-0.2, -0.15) is 8.78 Å². The molecule has 3 nitrogen and oxygen atoms in total. The van der Waals surface area contributed by atoms with Crippen LogP contribution in [-0.2, 0) is 11.2 Å². The number of hydrogen-bond donors (Lipinski definition) is 1. The smallest absolute Gasteiger partial charge is 0.387 e. The van der Waals surface area contributed by atoms with Crippen molar-refractivity contribution in [1.82, 2.24) is 5.32 Å². The first-order valence-electron chi connectivity index (χ1n) is 6.78. The van der Waals surface area contributed by atoms with Crippen molar-refractivity contribution in [2.45, 2.75) is 39.7 Å². The predicted molar refractivity (Wildman–Crippen MR) is 73.9 cm³/mol. The first-order valence-corrected chi connectivity index (χ1v) is 6.78. The van der Waals surface area contributed by atoms with Gasteiger partial charge in [-0.25, -0.2) is 0 Å². The zero-order valence-electron chi connectivity index (χ0n) is 11.9. The van der Waals surface area contributed by atoms with Gasteiger partial charge in [-0.3, -0.25) is 4.79 Å². The van der Waals surface area contributed by atoms with Gasteiger partial charge in [0.25, 0.3) is 0 Å². The summed E-state index contributed by atoms with van der Waals surface area (Å²) in [5, 5.41) is 2.84. The molecular weight excluding hydrogens is 264 g/mol. The number of nitrogens with one attached hydrogen (secondary N) is 1. The van der Waals surface area contributed by atoms with Crippen LogP contribution in [0.5, 0.6) is 5.75 Å². The number of amides is 1. The molecule has 0 aliphatic rings. The minimum absolute atomic E-state index is 0.0590. The van der Waals surface area contributed by atoms with Crippen LogP contribution in [0, 0.1) is 5.92 Å². The fourth-order valence-corrected chi connectivity index (χ4v) is 1.77. The van der Waals surface area contributed by atoms with Crippen molar-refractivity contribution in [2.24, 2.45) is 5.92 Å². The lowest BCUT2D eigenvalue weighted by molar-refractivity contribution is -0.120. The summed E-state index contributed by atoms with van der Waals surface area (Å²) in [7, 11) is 0. The number of rotatable bonds is 8. The average molecular weight is 285 g/mol. The van der Waals surface area contributed by atoms with Crippen molar-refractivity contribution >= 4 is 5.91 Å². The van der Waals surface area contributed by atoms with Gasteiger partial charge >= 0.3 is 6.61 Å². The summed E-state index contributed by atoms with van der Waals surface area (Å²) >= 11 is 0. The topological polar surface area (TPSA) is 38.3 Å². The zero-order valence-corrected chi connectivity index (χ0v) is 11.9. The predicted octanol–water partition coefficient (Wildman–Crippen LogP) is 3.38. The third-order valence-corrected chi connectivity index (χ3v) is 2.79. The van der Waals surface area contributed by atoms with Gasteiger partial charge in [0.2, 0.25) is 5.91 Å². The van der Waals surface area contributed by atoms with E-state index in [-0.39, 0.29) is 18.1 Å². The zero-order chi connectivity index (χ0) is 15.0. The lowest BCUT2D eigenvalue weighted by Gasteiger charge is -2.08. The van der Waals surface area contributed by atoms with Crippen LogP contribution in [0.1, 0.15) is 32.3 Å². The molecule has 0 aliphatic heterocycles. The maximum atomic E-state index is 12.0. The molecule has 0 spiro atoms. The van der Waals surface area contributed by atoms with Gasteiger partial charge in [0, 0.05) is 6.54 Å². The summed E-state index contributed by atoms with van der Waals surface area (Å²) in [6.45, 7) is 2.13. The van der Waals surface area contributed by atoms with E-state index in [1.54, 1.807) is 12.1 Å². The summed E-state index contributed by atoms with van der Waals surface area (Å²) in [6.07, 6.45) is 2.29. The van der Waals surface area contributed by atoms with Crippen LogP contribution >= 0.6 is 0 Å². The molecular formula is C15H21F2NO2. The number of carbonyl (C=O) groups is 1. The van der Waals surface area contributed by atoms with E-state index in [9.17, 15) is 13.6 Å². The molecule has 0 saturated heterocycles. The first kappa shape index (κ1) is 16.4. The lowest BCUT2D eigenvalue weighted by atomic mass is 10.1.